The van der Waals surface area contributed by atoms with E-state index in [0.717, 1.165) is 11.6 Å². The maximum absolute atomic E-state index is 6.31. The summed E-state index contributed by atoms with van der Waals surface area (Å²) in [5, 5.41) is 0.915. The number of hydrogen-bond acceptors (Lipinski definition) is 1. The molecule has 2 rings (SSSR count). The topological polar surface area (TPSA) is 26.0 Å². The van der Waals surface area contributed by atoms with Crippen molar-refractivity contribution >= 4 is 11.6 Å². The first-order chi connectivity index (χ1) is 6.59. The Labute approximate surface area is 90.3 Å². The summed E-state index contributed by atoms with van der Waals surface area (Å²) in [4.78, 5) is 0. The molecule has 1 aromatic carbocycles. The molecule has 0 radical (unpaired) electrons. The van der Waals surface area contributed by atoms with Gasteiger partial charge in [0.05, 0.1) is 0 Å². The van der Waals surface area contributed by atoms with Gasteiger partial charge in [-0.25, -0.2) is 0 Å². The van der Waals surface area contributed by atoms with Crippen molar-refractivity contribution in [3.05, 3.63) is 33.8 Å². The Hall–Kier alpha value is -0.530. The molecule has 1 aliphatic carbocycles. The molecule has 0 unspecified atom stereocenters. The van der Waals surface area contributed by atoms with Crippen molar-refractivity contribution in [2.75, 3.05) is 6.54 Å². The van der Waals surface area contributed by atoms with Gasteiger partial charge in [0.15, 0.2) is 0 Å². The fourth-order valence-corrected chi connectivity index (χ4v) is 2.38. The summed E-state index contributed by atoms with van der Waals surface area (Å²) in [7, 11) is 0. The van der Waals surface area contributed by atoms with Crippen LogP contribution in [0.25, 0.3) is 0 Å². The van der Waals surface area contributed by atoms with Crippen molar-refractivity contribution in [2.24, 2.45) is 5.73 Å². The Morgan fingerprint density at radius 1 is 1.36 bits per heavy atom. The number of aryl methyl sites for hydroxylation is 2. The third-order valence-corrected chi connectivity index (χ3v) is 3.72. The van der Waals surface area contributed by atoms with Gasteiger partial charge in [-0.2, -0.15) is 0 Å². The summed E-state index contributed by atoms with van der Waals surface area (Å²) in [5.74, 6) is 0. The summed E-state index contributed by atoms with van der Waals surface area (Å²) in [6.45, 7) is 4.89. The zero-order chi connectivity index (χ0) is 10.3. The van der Waals surface area contributed by atoms with Gasteiger partial charge in [0.2, 0.25) is 0 Å². The van der Waals surface area contributed by atoms with Crippen LogP contribution in [-0.4, -0.2) is 6.54 Å². The van der Waals surface area contributed by atoms with Crippen LogP contribution in [0.3, 0.4) is 0 Å². The molecule has 0 saturated heterocycles. The molecule has 2 N–H and O–H groups in total. The lowest BCUT2D eigenvalue weighted by Crippen LogP contribution is -2.20. The summed E-state index contributed by atoms with van der Waals surface area (Å²) in [5.41, 5.74) is 9.72. The van der Waals surface area contributed by atoms with E-state index in [1.165, 1.54) is 29.5 Å². The molecule has 0 atom stereocenters. The Morgan fingerprint density at radius 3 is 2.50 bits per heavy atom. The zero-order valence-corrected chi connectivity index (χ0v) is 9.49. The third-order valence-electron chi connectivity index (χ3n) is 3.21. The van der Waals surface area contributed by atoms with Gasteiger partial charge in [0, 0.05) is 17.0 Å². The number of benzene rings is 1. The molecular weight excluding hydrogens is 194 g/mol. The molecule has 0 heterocycles. The second-order valence-electron chi connectivity index (χ2n) is 4.43. The smallest absolute Gasteiger partial charge is 0.0473 e. The first-order valence-corrected chi connectivity index (χ1v) is 5.44. The number of halogens is 1. The predicted octanol–water partition coefficient (Wildman–Crippen LogP) is 2.95. The SMILES string of the molecule is Cc1cc(C)c(Cl)c(C2(CN)CC2)c1. The van der Waals surface area contributed by atoms with E-state index in [0.29, 0.717) is 0 Å². The number of nitrogens with two attached hydrogens (primary N) is 1. The highest BCUT2D eigenvalue weighted by Crippen LogP contribution is 2.50. The number of hydrogen-bond donors (Lipinski definition) is 1. The molecule has 0 aliphatic heterocycles. The fourth-order valence-electron chi connectivity index (χ4n) is 2.07. The van der Waals surface area contributed by atoms with Crippen LogP contribution >= 0.6 is 11.6 Å². The van der Waals surface area contributed by atoms with Crippen LogP contribution in [0.4, 0.5) is 0 Å². The molecule has 1 nitrogen and oxygen atoms in total. The zero-order valence-electron chi connectivity index (χ0n) is 8.73. The van der Waals surface area contributed by atoms with E-state index in [1.54, 1.807) is 0 Å². The van der Waals surface area contributed by atoms with Gasteiger partial charge in [-0.05, 0) is 37.8 Å². The lowest BCUT2D eigenvalue weighted by Gasteiger charge is -2.17. The normalized spacial score (nSPS) is 18.3. The molecule has 0 bridgehead atoms. The molecule has 1 saturated carbocycles. The van der Waals surface area contributed by atoms with E-state index in [-0.39, 0.29) is 5.41 Å². The van der Waals surface area contributed by atoms with Crippen LogP contribution in [0.2, 0.25) is 5.02 Å². The van der Waals surface area contributed by atoms with E-state index in [9.17, 15) is 0 Å². The van der Waals surface area contributed by atoms with Crippen molar-refractivity contribution in [2.45, 2.75) is 32.1 Å². The van der Waals surface area contributed by atoms with E-state index in [1.807, 2.05) is 0 Å². The average Bonchev–Trinajstić information content (AvgIpc) is 2.92. The molecular formula is C12H16ClN. The molecule has 14 heavy (non-hydrogen) atoms. The van der Waals surface area contributed by atoms with Crippen molar-refractivity contribution in [1.82, 2.24) is 0 Å². The Bertz CT molecular complexity index is 367. The van der Waals surface area contributed by atoms with E-state index in [4.69, 9.17) is 17.3 Å². The van der Waals surface area contributed by atoms with Crippen LogP contribution < -0.4 is 5.73 Å². The first-order valence-electron chi connectivity index (χ1n) is 5.06. The molecule has 1 aliphatic rings. The van der Waals surface area contributed by atoms with Crippen molar-refractivity contribution in [1.29, 1.82) is 0 Å². The molecule has 76 valence electrons. The van der Waals surface area contributed by atoms with E-state index < -0.39 is 0 Å². The van der Waals surface area contributed by atoms with Gasteiger partial charge < -0.3 is 5.73 Å². The van der Waals surface area contributed by atoms with Gasteiger partial charge in [-0.15, -0.1) is 0 Å². The monoisotopic (exact) mass is 209 g/mol. The molecule has 0 spiro atoms. The van der Waals surface area contributed by atoms with E-state index in [2.05, 4.69) is 26.0 Å². The third kappa shape index (κ3) is 1.45. The largest absolute Gasteiger partial charge is 0.330 e. The van der Waals surface area contributed by atoms with Crippen molar-refractivity contribution in [3.63, 3.8) is 0 Å². The predicted molar refractivity (Wildman–Crippen MR) is 60.9 cm³/mol. The maximum atomic E-state index is 6.31. The minimum atomic E-state index is 0.202. The lowest BCUT2D eigenvalue weighted by atomic mass is 9.93. The standard InChI is InChI=1S/C12H16ClN/c1-8-5-9(2)11(13)10(6-8)12(7-14)3-4-12/h5-6H,3-4,7,14H2,1-2H3. The molecule has 1 aromatic rings. The van der Waals surface area contributed by atoms with Crippen LogP contribution in [0.5, 0.6) is 0 Å². The summed E-state index contributed by atoms with van der Waals surface area (Å²) < 4.78 is 0. The highest BCUT2D eigenvalue weighted by Gasteiger charge is 2.44. The van der Waals surface area contributed by atoms with Gasteiger partial charge in [0.1, 0.15) is 0 Å². The highest BCUT2D eigenvalue weighted by molar-refractivity contribution is 6.32. The average molecular weight is 210 g/mol. The number of rotatable bonds is 2. The van der Waals surface area contributed by atoms with Crippen LogP contribution in [-0.2, 0) is 5.41 Å². The van der Waals surface area contributed by atoms with Gasteiger partial charge in [0.25, 0.3) is 0 Å². The second kappa shape index (κ2) is 3.25. The molecule has 0 aromatic heterocycles. The summed E-state index contributed by atoms with van der Waals surface area (Å²) in [6.07, 6.45) is 2.37. The fraction of sp³-hybridized carbons (Fsp3) is 0.500. The first kappa shape index (κ1) is 10.0. The molecule has 0 amide bonds. The van der Waals surface area contributed by atoms with Gasteiger partial charge in [-0.3, -0.25) is 0 Å². The van der Waals surface area contributed by atoms with E-state index >= 15 is 0 Å². The summed E-state index contributed by atoms with van der Waals surface area (Å²) >= 11 is 6.31. The summed E-state index contributed by atoms with van der Waals surface area (Å²) in [6, 6.07) is 4.31. The minimum Gasteiger partial charge on any atom is -0.330 e. The van der Waals surface area contributed by atoms with Crippen molar-refractivity contribution < 1.29 is 0 Å². The second-order valence-corrected chi connectivity index (χ2v) is 4.81. The lowest BCUT2D eigenvalue weighted by molar-refractivity contribution is 0.703. The van der Waals surface area contributed by atoms with Crippen LogP contribution in [0.15, 0.2) is 12.1 Å². The Balaban J connectivity index is 2.52. The quantitative estimate of drug-likeness (QED) is 0.797. The highest BCUT2D eigenvalue weighted by atomic mass is 35.5. The van der Waals surface area contributed by atoms with Crippen molar-refractivity contribution in [3.8, 4) is 0 Å². The Kier molecular flexibility index (Phi) is 2.32. The Morgan fingerprint density at radius 2 is 2.00 bits per heavy atom. The molecule has 2 heteroatoms. The van der Waals surface area contributed by atoms with Crippen LogP contribution in [0, 0.1) is 13.8 Å². The van der Waals surface area contributed by atoms with Gasteiger partial charge >= 0.3 is 0 Å². The van der Waals surface area contributed by atoms with Crippen LogP contribution in [0.1, 0.15) is 29.5 Å². The maximum Gasteiger partial charge on any atom is 0.0473 e. The minimum absolute atomic E-state index is 0.202. The van der Waals surface area contributed by atoms with Gasteiger partial charge in [-0.1, -0.05) is 29.3 Å². The molecule has 1 fully saturated rings.